The summed E-state index contributed by atoms with van der Waals surface area (Å²) in [5, 5.41) is 18.9. The molecule has 0 aromatic heterocycles. The molecule has 0 saturated heterocycles. The van der Waals surface area contributed by atoms with Gasteiger partial charge in [-0.05, 0) is 6.07 Å². The molecule has 2 aromatic rings. The molecule has 4 nitrogen and oxygen atoms in total. The van der Waals surface area contributed by atoms with Crippen LogP contribution in [0.15, 0.2) is 60.7 Å². The van der Waals surface area contributed by atoms with Gasteiger partial charge in [0.25, 0.3) is 0 Å². The lowest BCUT2D eigenvalue weighted by molar-refractivity contribution is 0.0693. The average molecular weight is 268 g/mol. The Hall–Kier alpha value is -2.88. The Kier molecular flexibility index (Phi) is 3.96. The van der Waals surface area contributed by atoms with Crippen molar-refractivity contribution in [3.63, 3.8) is 0 Å². The van der Waals surface area contributed by atoms with E-state index in [0.717, 1.165) is 6.08 Å². The van der Waals surface area contributed by atoms with Crippen LogP contribution >= 0.6 is 0 Å². The minimum atomic E-state index is -1.18. The molecule has 0 bridgehead atoms. The quantitative estimate of drug-likeness (QED) is 0.507. The SMILES string of the molecule is O=C(O)c1ccccc1C(=O)C=C(O)c1ccccc1. The smallest absolute Gasteiger partial charge is 0.336 e. The van der Waals surface area contributed by atoms with Crippen molar-refractivity contribution in [2.75, 3.05) is 0 Å². The maximum atomic E-state index is 12.1. The molecule has 4 heteroatoms. The monoisotopic (exact) mass is 268 g/mol. The number of benzene rings is 2. The summed E-state index contributed by atoms with van der Waals surface area (Å²) in [6, 6.07) is 14.4. The van der Waals surface area contributed by atoms with Gasteiger partial charge in [0.2, 0.25) is 0 Å². The van der Waals surface area contributed by atoms with E-state index in [1.807, 2.05) is 0 Å². The highest BCUT2D eigenvalue weighted by molar-refractivity contribution is 6.13. The Bertz CT molecular complexity index is 672. The highest BCUT2D eigenvalue weighted by Crippen LogP contribution is 2.15. The van der Waals surface area contributed by atoms with Gasteiger partial charge in [-0.15, -0.1) is 0 Å². The second kappa shape index (κ2) is 5.84. The summed E-state index contributed by atoms with van der Waals surface area (Å²) in [6.45, 7) is 0. The molecule has 0 heterocycles. The van der Waals surface area contributed by atoms with Crippen molar-refractivity contribution >= 4 is 17.5 Å². The van der Waals surface area contributed by atoms with Crippen LogP contribution in [0.2, 0.25) is 0 Å². The summed E-state index contributed by atoms with van der Waals surface area (Å²) in [7, 11) is 0. The number of carboxylic acids is 1. The van der Waals surface area contributed by atoms with Gasteiger partial charge in [-0.1, -0.05) is 48.5 Å². The van der Waals surface area contributed by atoms with E-state index >= 15 is 0 Å². The average Bonchev–Trinajstić information content (AvgIpc) is 2.48. The Morgan fingerprint density at radius 3 is 1.95 bits per heavy atom. The van der Waals surface area contributed by atoms with Gasteiger partial charge >= 0.3 is 5.97 Å². The number of rotatable bonds is 4. The van der Waals surface area contributed by atoms with Crippen LogP contribution < -0.4 is 0 Å². The Labute approximate surface area is 115 Å². The highest BCUT2D eigenvalue weighted by atomic mass is 16.4. The first-order valence-electron chi connectivity index (χ1n) is 5.92. The molecule has 0 aliphatic rings. The third-order valence-electron chi connectivity index (χ3n) is 2.76. The van der Waals surface area contributed by atoms with Gasteiger partial charge in [-0.2, -0.15) is 0 Å². The molecule has 0 saturated carbocycles. The van der Waals surface area contributed by atoms with Crippen LogP contribution in [0.1, 0.15) is 26.3 Å². The fourth-order valence-electron chi connectivity index (χ4n) is 1.78. The van der Waals surface area contributed by atoms with Crippen molar-refractivity contribution in [3.8, 4) is 0 Å². The maximum Gasteiger partial charge on any atom is 0.336 e. The highest BCUT2D eigenvalue weighted by Gasteiger charge is 2.14. The van der Waals surface area contributed by atoms with Crippen LogP contribution in [0.25, 0.3) is 5.76 Å². The fraction of sp³-hybridized carbons (Fsp3) is 0. The van der Waals surface area contributed by atoms with Gasteiger partial charge in [0.15, 0.2) is 5.78 Å². The third-order valence-corrected chi connectivity index (χ3v) is 2.76. The number of allylic oxidation sites excluding steroid dienone is 1. The van der Waals surface area contributed by atoms with E-state index in [9.17, 15) is 14.7 Å². The maximum absolute atomic E-state index is 12.1. The van der Waals surface area contributed by atoms with Crippen molar-refractivity contribution in [3.05, 3.63) is 77.4 Å². The van der Waals surface area contributed by atoms with Crippen LogP contribution in [0.3, 0.4) is 0 Å². The predicted molar refractivity (Wildman–Crippen MR) is 74.8 cm³/mol. The zero-order valence-electron chi connectivity index (χ0n) is 10.5. The van der Waals surface area contributed by atoms with E-state index in [1.54, 1.807) is 42.5 Å². The number of carbonyl (C=O) groups excluding carboxylic acids is 1. The molecule has 0 atom stereocenters. The first-order chi connectivity index (χ1) is 9.59. The molecule has 2 aromatic carbocycles. The van der Waals surface area contributed by atoms with Gasteiger partial charge in [-0.3, -0.25) is 4.79 Å². The standard InChI is InChI=1S/C16H12O4/c17-14(11-6-2-1-3-7-11)10-15(18)12-8-4-5-9-13(12)16(19)20/h1-10,17H,(H,19,20). The number of carbonyl (C=O) groups is 2. The van der Waals surface area contributed by atoms with Crippen molar-refractivity contribution in [2.24, 2.45) is 0 Å². The van der Waals surface area contributed by atoms with Gasteiger partial charge in [-0.25, -0.2) is 4.79 Å². The predicted octanol–water partition coefficient (Wildman–Crippen LogP) is 3.17. The normalized spacial score (nSPS) is 11.1. The molecule has 0 aliphatic carbocycles. The molecule has 2 rings (SSSR count). The van der Waals surface area contributed by atoms with Crippen LogP contribution in [0, 0.1) is 0 Å². The topological polar surface area (TPSA) is 74.6 Å². The molecule has 0 aliphatic heterocycles. The number of aromatic carboxylic acids is 1. The number of aliphatic hydroxyl groups excluding tert-OH is 1. The van der Waals surface area contributed by atoms with Gasteiger partial charge in [0.05, 0.1) is 5.56 Å². The van der Waals surface area contributed by atoms with Crippen LogP contribution in [0.4, 0.5) is 0 Å². The number of hydrogen-bond acceptors (Lipinski definition) is 3. The van der Waals surface area contributed by atoms with Crippen molar-refractivity contribution < 1.29 is 19.8 Å². The minimum Gasteiger partial charge on any atom is -0.507 e. The summed E-state index contributed by atoms with van der Waals surface area (Å²) in [5.41, 5.74) is 0.450. The van der Waals surface area contributed by atoms with Crippen molar-refractivity contribution in [1.82, 2.24) is 0 Å². The van der Waals surface area contributed by atoms with E-state index in [0.29, 0.717) is 5.56 Å². The second-order valence-corrected chi connectivity index (χ2v) is 4.11. The second-order valence-electron chi connectivity index (χ2n) is 4.11. The third kappa shape index (κ3) is 2.92. The largest absolute Gasteiger partial charge is 0.507 e. The summed E-state index contributed by atoms with van der Waals surface area (Å²) in [5.74, 6) is -1.93. The molecule has 0 unspecified atom stereocenters. The lowest BCUT2D eigenvalue weighted by Gasteiger charge is -2.03. The van der Waals surface area contributed by atoms with Crippen LogP contribution in [-0.2, 0) is 0 Å². The van der Waals surface area contributed by atoms with Gasteiger partial charge in [0.1, 0.15) is 5.76 Å². The lowest BCUT2D eigenvalue weighted by Crippen LogP contribution is -2.07. The summed E-state index contributed by atoms with van der Waals surface area (Å²) >= 11 is 0. The number of carboxylic acid groups (broad SMARTS) is 1. The summed E-state index contributed by atoms with van der Waals surface area (Å²) in [6.07, 6.45) is 1.02. The first-order valence-corrected chi connectivity index (χ1v) is 5.92. The Morgan fingerprint density at radius 1 is 0.800 bits per heavy atom. The Morgan fingerprint density at radius 2 is 1.35 bits per heavy atom. The molecule has 0 amide bonds. The van der Waals surface area contributed by atoms with Gasteiger partial charge in [0, 0.05) is 17.2 Å². The number of hydrogen-bond donors (Lipinski definition) is 2. The molecule has 100 valence electrons. The molecule has 0 fully saturated rings. The first kappa shape index (κ1) is 13.5. The molecule has 0 radical (unpaired) electrons. The molecule has 2 N–H and O–H groups in total. The molecular formula is C16H12O4. The van der Waals surface area contributed by atoms with Crippen LogP contribution in [-0.4, -0.2) is 22.0 Å². The fourth-order valence-corrected chi connectivity index (χ4v) is 1.78. The van der Waals surface area contributed by atoms with Crippen molar-refractivity contribution in [1.29, 1.82) is 0 Å². The Balaban J connectivity index is 2.36. The molecular weight excluding hydrogens is 256 g/mol. The van der Waals surface area contributed by atoms with Gasteiger partial charge < -0.3 is 10.2 Å². The molecule has 20 heavy (non-hydrogen) atoms. The lowest BCUT2D eigenvalue weighted by atomic mass is 10.0. The van der Waals surface area contributed by atoms with E-state index in [-0.39, 0.29) is 16.9 Å². The van der Waals surface area contributed by atoms with Crippen molar-refractivity contribution in [2.45, 2.75) is 0 Å². The van der Waals surface area contributed by atoms with E-state index < -0.39 is 11.8 Å². The van der Waals surface area contributed by atoms with E-state index in [2.05, 4.69) is 0 Å². The van der Waals surface area contributed by atoms with Crippen LogP contribution in [0.5, 0.6) is 0 Å². The number of aliphatic hydroxyl groups is 1. The zero-order valence-corrected chi connectivity index (χ0v) is 10.5. The zero-order chi connectivity index (χ0) is 14.5. The molecule has 0 spiro atoms. The van der Waals surface area contributed by atoms with E-state index in [4.69, 9.17) is 5.11 Å². The summed E-state index contributed by atoms with van der Waals surface area (Å²) in [4.78, 5) is 23.1. The summed E-state index contributed by atoms with van der Waals surface area (Å²) < 4.78 is 0. The minimum absolute atomic E-state index is 0.0440. The van der Waals surface area contributed by atoms with E-state index in [1.165, 1.54) is 12.1 Å². The number of ketones is 1.